The van der Waals surface area contributed by atoms with Gasteiger partial charge in [-0.15, -0.1) is 0 Å². The number of carboxylic acids is 1. The lowest BCUT2D eigenvalue weighted by atomic mass is 10.2. The lowest BCUT2D eigenvalue weighted by molar-refractivity contribution is -0.140. The largest absolute Gasteiger partial charge is 0.480 e. The van der Waals surface area contributed by atoms with E-state index in [0.717, 1.165) is 11.8 Å². The summed E-state index contributed by atoms with van der Waals surface area (Å²) in [4.78, 5) is 22.1. The monoisotopic (exact) mass is 250 g/mol. The summed E-state index contributed by atoms with van der Waals surface area (Å²) in [5.41, 5.74) is 0.547. The summed E-state index contributed by atoms with van der Waals surface area (Å²) in [5, 5.41) is 20.2. The van der Waals surface area contributed by atoms with Crippen LogP contribution in [0.5, 0.6) is 0 Å². The van der Waals surface area contributed by atoms with Gasteiger partial charge in [0.25, 0.3) is 0 Å². The number of nitrogens with one attached hydrogen (secondary N) is 1. The third-order valence-electron chi connectivity index (χ3n) is 1.73. The Morgan fingerprint density at radius 3 is 2.62 bits per heavy atom. The zero-order chi connectivity index (χ0) is 15.2. The van der Waals surface area contributed by atoms with Crippen molar-refractivity contribution >= 4 is 23.6 Å². The van der Waals surface area contributed by atoms with E-state index in [1.807, 2.05) is 5.32 Å². The van der Waals surface area contributed by atoms with Gasteiger partial charge in [-0.1, -0.05) is 12.2 Å². The predicted molar refractivity (Wildman–Crippen MR) is 63.4 cm³/mol. The summed E-state index contributed by atoms with van der Waals surface area (Å²) >= 11 is 1.09. The average molecular weight is 250 g/mol. The summed E-state index contributed by atoms with van der Waals surface area (Å²) in [7, 11) is 0. The average Bonchev–Trinajstić information content (AvgIpc) is 2.25. The fourth-order valence-corrected chi connectivity index (χ4v) is 1.88. The highest BCUT2D eigenvalue weighted by atomic mass is 32.2. The molecule has 0 aliphatic heterocycles. The maximum atomic E-state index is 11.2. The second-order valence-electron chi connectivity index (χ2n) is 3.26. The summed E-state index contributed by atoms with van der Waals surface area (Å²) < 4.78 is 20.5. The van der Waals surface area contributed by atoms with Crippen LogP contribution in [0.1, 0.15) is 17.9 Å². The highest BCUT2D eigenvalue weighted by Crippen LogP contribution is 2.09. The van der Waals surface area contributed by atoms with Crippen molar-refractivity contribution in [3.8, 4) is 0 Å². The molecule has 0 aromatic carbocycles. The molecular weight excluding hydrogens is 230 g/mol. The molecule has 3 N–H and O–H groups in total. The molecular formula is C10H17NO4S. The molecule has 92 valence electrons. The number of aliphatic hydroxyl groups is 1. The topological polar surface area (TPSA) is 86.6 Å². The van der Waals surface area contributed by atoms with Crippen molar-refractivity contribution in [2.75, 3.05) is 11.5 Å². The number of carbonyl (C=O) groups is 2. The molecule has 0 heterocycles. The van der Waals surface area contributed by atoms with Gasteiger partial charge in [0.15, 0.2) is 0 Å². The zero-order valence-electron chi connectivity index (χ0n) is 11.9. The van der Waals surface area contributed by atoms with Gasteiger partial charge >= 0.3 is 5.97 Å². The molecule has 0 bridgehead atoms. The molecule has 0 aliphatic carbocycles. The van der Waals surface area contributed by atoms with Crippen molar-refractivity contribution in [3.05, 3.63) is 12.2 Å². The fourth-order valence-electron chi connectivity index (χ4n) is 0.773. The van der Waals surface area contributed by atoms with Crippen LogP contribution >= 0.6 is 11.8 Å². The van der Waals surface area contributed by atoms with E-state index >= 15 is 0 Å². The van der Waals surface area contributed by atoms with Gasteiger partial charge < -0.3 is 15.5 Å². The Morgan fingerprint density at radius 2 is 2.19 bits per heavy atom. The van der Waals surface area contributed by atoms with E-state index in [2.05, 4.69) is 6.58 Å². The molecule has 16 heavy (non-hydrogen) atoms. The lowest BCUT2D eigenvalue weighted by Crippen LogP contribution is -2.41. The van der Waals surface area contributed by atoms with Crippen molar-refractivity contribution in [2.45, 2.75) is 25.9 Å². The predicted octanol–water partition coefficient (Wildman–Crippen LogP) is 0.246. The first-order valence-corrected chi connectivity index (χ1v) is 5.66. The van der Waals surface area contributed by atoms with E-state index < -0.39 is 30.9 Å². The minimum atomic E-state index is -2.88. The maximum Gasteiger partial charge on any atom is 0.327 e. The van der Waals surface area contributed by atoms with E-state index in [-0.39, 0.29) is 11.5 Å². The standard InChI is InChI=1S/C10H17NO4S/c1-6(2)9(13)5-16-4-8(10(14)15)11-7(3)12/h8-9,13H,1,4-5H2,2-3H3,(H,11,12)(H,14,15)/t8-,9?/m0/s1/i3D3. The number of hydrogen-bond donors (Lipinski definition) is 3. The number of amides is 1. The van der Waals surface area contributed by atoms with Crippen LogP contribution < -0.4 is 5.32 Å². The van der Waals surface area contributed by atoms with E-state index in [9.17, 15) is 14.7 Å². The van der Waals surface area contributed by atoms with Crippen LogP contribution in [0.15, 0.2) is 12.2 Å². The number of aliphatic hydroxyl groups excluding tert-OH is 1. The fraction of sp³-hybridized carbons (Fsp3) is 0.600. The third-order valence-corrected chi connectivity index (χ3v) is 2.85. The molecule has 1 unspecified atom stereocenters. The molecule has 0 aliphatic rings. The van der Waals surface area contributed by atoms with Crippen molar-refractivity contribution in [2.24, 2.45) is 0 Å². The van der Waals surface area contributed by atoms with Crippen molar-refractivity contribution in [1.82, 2.24) is 5.32 Å². The smallest absolute Gasteiger partial charge is 0.327 e. The second kappa shape index (κ2) is 7.29. The molecule has 0 aromatic heterocycles. The minimum absolute atomic E-state index is 0.0402. The van der Waals surface area contributed by atoms with Crippen LogP contribution in [0, 0.1) is 0 Å². The maximum absolute atomic E-state index is 11.2. The SMILES string of the molecule is [2H]C([2H])([2H])C(=O)N[C@@H](CSCC(O)C(=C)C)C(=O)O. The van der Waals surface area contributed by atoms with Gasteiger partial charge in [-0.3, -0.25) is 4.79 Å². The number of carbonyl (C=O) groups excluding carboxylic acids is 1. The Kier molecular flexibility index (Phi) is 4.63. The molecule has 1 amide bonds. The van der Waals surface area contributed by atoms with Gasteiger partial charge in [-0.2, -0.15) is 11.8 Å². The van der Waals surface area contributed by atoms with Crippen LogP contribution in [0.25, 0.3) is 0 Å². The summed E-state index contributed by atoms with van der Waals surface area (Å²) in [6, 6.07) is -1.31. The van der Waals surface area contributed by atoms with Crippen molar-refractivity contribution in [3.63, 3.8) is 0 Å². The number of carboxylic acid groups (broad SMARTS) is 1. The molecule has 6 heteroatoms. The first kappa shape index (κ1) is 10.2. The molecule has 0 rings (SSSR count). The van der Waals surface area contributed by atoms with E-state index in [1.54, 1.807) is 6.92 Å². The molecule has 2 atom stereocenters. The van der Waals surface area contributed by atoms with E-state index in [4.69, 9.17) is 9.22 Å². The number of rotatable bonds is 7. The third kappa shape index (κ3) is 6.47. The quantitative estimate of drug-likeness (QED) is 0.564. The molecule has 5 nitrogen and oxygen atoms in total. The van der Waals surface area contributed by atoms with Crippen LogP contribution in [0.2, 0.25) is 0 Å². The molecule has 0 saturated carbocycles. The molecule has 0 aromatic rings. The van der Waals surface area contributed by atoms with Crippen molar-refractivity contribution in [1.29, 1.82) is 0 Å². The Morgan fingerprint density at radius 1 is 1.56 bits per heavy atom. The first-order chi connectivity index (χ1) is 8.55. The van der Waals surface area contributed by atoms with Gasteiger partial charge in [0, 0.05) is 22.5 Å². The number of hydrogen-bond acceptors (Lipinski definition) is 4. The van der Waals surface area contributed by atoms with Gasteiger partial charge in [0.1, 0.15) is 6.04 Å². The summed E-state index contributed by atoms with van der Waals surface area (Å²) in [6.07, 6.45) is -0.766. The molecule has 0 radical (unpaired) electrons. The van der Waals surface area contributed by atoms with Gasteiger partial charge in [0.05, 0.1) is 6.10 Å². The van der Waals surface area contributed by atoms with E-state index in [1.165, 1.54) is 0 Å². The van der Waals surface area contributed by atoms with Crippen molar-refractivity contribution < 1.29 is 23.9 Å². The van der Waals surface area contributed by atoms with Gasteiger partial charge in [0.2, 0.25) is 5.91 Å². The van der Waals surface area contributed by atoms with Gasteiger partial charge in [-0.25, -0.2) is 4.79 Å². The molecule has 0 saturated heterocycles. The van der Waals surface area contributed by atoms with Crippen LogP contribution in [0.3, 0.4) is 0 Å². The molecule has 0 spiro atoms. The van der Waals surface area contributed by atoms with Crippen LogP contribution in [0.4, 0.5) is 0 Å². The first-order valence-electron chi connectivity index (χ1n) is 6.00. The van der Waals surface area contributed by atoms with Crippen LogP contribution in [-0.2, 0) is 9.59 Å². The Labute approximate surface area is 103 Å². The normalized spacial score (nSPS) is 17.5. The highest BCUT2D eigenvalue weighted by molar-refractivity contribution is 7.99. The number of thioether (sulfide) groups is 1. The lowest BCUT2D eigenvalue weighted by Gasteiger charge is -2.14. The van der Waals surface area contributed by atoms with E-state index in [0.29, 0.717) is 5.57 Å². The minimum Gasteiger partial charge on any atom is -0.480 e. The summed E-state index contributed by atoms with van der Waals surface area (Å²) in [6.45, 7) is 2.30. The Bertz CT molecular complexity index is 359. The van der Waals surface area contributed by atoms with Crippen LogP contribution in [-0.4, -0.2) is 45.7 Å². The Hall–Kier alpha value is -1.01. The molecule has 0 fully saturated rings. The van der Waals surface area contributed by atoms with Gasteiger partial charge in [-0.05, 0) is 6.92 Å². The second-order valence-corrected chi connectivity index (χ2v) is 4.34. The Balaban J connectivity index is 4.33. The highest BCUT2D eigenvalue weighted by Gasteiger charge is 2.18. The summed E-state index contributed by atoms with van der Waals surface area (Å²) in [5.74, 6) is -2.44. The number of aliphatic carboxylic acids is 1. The zero-order valence-corrected chi connectivity index (χ0v) is 9.71.